The fourth-order valence-electron chi connectivity index (χ4n) is 6.95. The second-order valence-electron chi connectivity index (χ2n) is 14.2. The van der Waals surface area contributed by atoms with Gasteiger partial charge in [0.15, 0.2) is 22.4 Å². The van der Waals surface area contributed by atoms with Crippen LogP contribution in [0.1, 0.15) is 60.8 Å². The summed E-state index contributed by atoms with van der Waals surface area (Å²) >= 11 is 0. The van der Waals surface area contributed by atoms with Gasteiger partial charge in [0, 0.05) is 12.3 Å². The van der Waals surface area contributed by atoms with Crippen LogP contribution in [0, 0.1) is 29.1 Å². The first-order valence-electron chi connectivity index (χ1n) is 12.7. The van der Waals surface area contributed by atoms with Crippen molar-refractivity contribution in [1.29, 1.82) is 0 Å². The normalized spacial score (nSPS) is 38.8. The number of rotatable bonds is 4. The average Bonchev–Trinajstić information content (AvgIpc) is 2.97. The van der Waals surface area contributed by atoms with Gasteiger partial charge in [-0.25, -0.2) is 0 Å². The molecule has 0 radical (unpaired) electrons. The van der Waals surface area contributed by atoms with Gasteiger partial charge in [0.1, 0.15) is 0 Å². The van der Waals surface area contributed by atoms with E-state index in [4.69, 9.17) is 8.85 Å². The molecule has 0 aromatic heterocycles. The summed E-state index contributed by atoms with van der Waals surface area (Å²) in [5.74, 6) is 2.16. The fraction of sp³-hybridized carbons (Fsp3) is 0.815. The van der Waals surface area contributed by atoms with Crippen LogP contribution in [0.25, 0.3) is 0 Å². The van der Waals surface area contributed by atoms with E-state index in [1.165, 1.54) is 17.6 Å². The molecule has 0 aromatic carbocycles. The SMILES string of the molecule is C[C@@H]1C=C2CC(=O)C=C2[C@@]2(O[Si](C)(C)C)CC[C@@H]3[C@@H]([C@@H]2[C@@H]1O[Si](C)(C)C(C)(C)C)C3(C)C. The molecule has 4 aliphatic carbocycles. The van der Waals surface area contributed by atoms with Crippen molar-refractivity contribution in [3.05, 3.63) is 23.3 Å². The molecule has 0 heterocycles. The van der Waals surface area contributed by atoms with Crippen molar-refractivity contribution in [2.75, 3.05) is 0 Å². The number of fused-ring (bicyclic) bond motifs is 5. The topological polar surface area (TPSA) is 35.5 Å². The second-order valence-corrected chi connectivity index (χ2v) is 23.4. The van der Waals surface area contributed by atoms with Crippen molar-refractivity contribution in [3.63, 3.8) is 0 Å². The van der Waals surface area contributed by atoms with E-state index in [2.05, 4.69) is 80.4 Å². The molecule has 0 N–H and O–H groups in total. The summed E-state index contributed by atoms with van der Waals surface area (Å²) in [6, 6.07) is 0. The molecule has 0 unspecified atom stereocenters. The third-order valence-corrected chi connectivity index (χ3v) is 14.9. The van der Waals surface area contributed by atoms with E-state index in [0.717, 1.165) is 12.3 Å². The van der Waals surface area contributed by atoms with Crippen LogP contribution in [0.2, 0.25) is 37.8 Å². The van der Waals surface area contributed by atoms with Crippen LogP contribution >= 0.6 is 0 Å². The molecule has 2 saturated carbocycles. The molecule has 0 amide bonds. The van der Waals surface area contributed by atoms with Crippen molar-refractivity contribution in [1.82, 2.24) is 0 Å². The van der Waals surface area contributed by atoms with Crippen LogP contribution in [0.3, 0.4) is 0 Å². The van der Waals surface area contributed by atoms with E-state index in [9.17, 15) is 4.79 Å². The largest absolute Gasteiger partial charge is 0.413 e. The summed E-state index contributed by atoms with van der Waals surface area (Å²) in [6.07, 6.45) is 7.22. The first-order chi connectivity index (χ1) is 14.4. The second kappa shape index (κ2) is 7.25. The molecule has 0 bridgehead atoms. The lowest BCUT2D eigenvalue weighted by Crippen LogP contribution is -2.58. The number of hydrogen-bond acceptors (Lipinski definition) is 3. The maximum atomic E-state index is 12.7. The van der Waals surface area contributed by atoms with Crippen LogP contribution in [0.4, 0.5) is 0 Å². The monoisotopic (exact) mass is 474 g/mol. The quantitative estimate of drug-likeness (QED) is 0.407. The zero-order valence-corrected chi connectivity index (χ0v) is 24.4. The predicted octanol–water partition coefficient (Wildman–Crippen LogP) is 7.12. The van der Waals surface area contributed by atoms with E-state index in [1.54, 1.807) is 0 Å². The number of allylic oxidation sites excluding steroid dienone is 1. The molecule has 4 aliphatic rings. The Balaban J connectivity index is 1.91. The van der Waals surface area contributed by atoms with Gasteiger partial charge in [0.25, 0.3) is 0 Å². The minimum absolute atomic E-state index is 0.135. The summed E-state index contributed by atoms with van der Waals surface area (Å²) in [6.45, 7) is 26.0. The van der Waals surface area contributed by atoms with Crippen LogP contribution in [-0.2, 0) is 13.6 Å². The highest BCUT2D eigenvalue weighted by molar-refractivity contribution is 6.74. The Morgan fingerprint density at radius 3 is 2.25 bits per heavy atom. The fourth-order valence-corrected chi connectivity index (χ4v) is 9.79. The van der Waals surface area contributed by atoms with E-state index in [1.807, 2.05) is 6.08 Å². The van der Waals surface area contributed by atoms with Crippen molar-refractivity contribution in [2.24, 2.45) is 29.1 Å². The van der Waals surface area contributed by atoms with Crippen molar-refractivity contribution >= 4 is 22.4 Å². The predicted molar refractivity (Wildman–Crippen MR) is 138 cm³/mol. The molecule has 180 valence electrons. The molecule has 0 spiro atoms. The summed E-state index contributed by atoms with van der Waals surface area (Å²) in [5.41, 5.74) is 2.38. The number of hydrogen-bond donors (Lipinski definition) is 0. The third-order valence-electron chi connectivity index (χ3n) is 9.42. The Hall–Kier alpha value is -0.496. The smallest absolute Gasteiger partial charge is 0.192 e. The maximum Gasteiger partial charge on any atom is 0.192 e. The van der Waals surface area contributed by atoms with E-state index in [0.29, 0.717) is 23.7 Å². The summed E-state index contributed by atoms with van der Waals surface area (Å²) in [5, 5.41) is 0.159. The number of carbonyl (C=O) groups excluding carboxylic acids is 1. The molecular weight excluding hydrogens is 428 g/mol. The summed E-state index contributed by atoms with van der Waals surface area (Å²) in [4.78, 5) is 12.7. The molecule has 6 atom stereocenters. The molecule has 4 rings (SSSR count). The molecule has 3 nitrogen and oxygen atoms in total. The first-order valence-corrected chi connectivity index (χ1v) is 19.1. The molecule has 32 heavy (non-hydrogen) atoms. The highest BCUT2D eigenvalue weighted by atomic mass is 28.4. The maximum absolute atomic E-state index is 12.7. The molecule has 0 aliphatic heterocycles. The van der Waals surface area contributed by atoms with E-state index < -0.39 is 16.6 Å². The number of carbonyl (C=O) groups is 1. The van der Waals surface area contributed by atoms with Gasteiger partial charge >= 0.3 is 0 Å². The Bertz CT molecular complexity index is 870. The zero-order valence-electron chi connectivity index (χ0n) is 22.4. The highest BCUT2D eigenvalue weighted by Gasteiger charge is 2.72. The minimum Gasteiger partial charge on any atom is -0.413 e. The van der Waals surface area contributed by atoms with Crippen molar-refractivity contribution in [2.45, 2.75) is 110 Å². The van der Waals surface area contributed by atoms with Gasteiger partial charge in [-0.15, -0.1) is 0 Å². The van der Waals surface area contributed by atoms with Crippen LogP contribution in [-0.4, -0.2) is 34.1 Å². The molecular formula is C27H46O3Si2. The average molecular weight is 475 g/mol. The Labute approximate surface area is 198 Å². The Morgan fingerprint density at radius 2 is 1.69 bits per heavy atom. The summed E-state index contributed by atoms with van der Waals surface area (Å²) < 4.78 is 14.6. The Morgan fingerprint density at radius 1 is 1.06 bits per heavy atom. The van der Waals surface area contributed by atoms with Crippen LogP contribution in [0.15, 0.2) is 23.3 Å². The Kier molecular flexibility index (Phi) is 5.58. The van der Waals surface area contributed by atoms with E-state index in [-0.39, 0.29) is 28.4 Å². The third kappa shape index (κ3) is 3.79. The van der Waals surface area contributed by atoms with Gasteiger partial charge in [-0.1, -0.05) is 47.6 Å². The van der Waals surface area contributed by atoms with Gasteiger partial charge in [-0.3, -0.25) is 4.79 Å². The van der Waals surface area contributed by atoms with Gasteiger partial charge in [0.2, 0.25) is 0 Å². The lowest BCUT2D eigenvalue weighted by atomic mass is 9.67. The van der Waals surface area contributed by atoms with Crippen LogP contribution in [0.5, 0.6) is 0 Å². The van der Waals surface area contributed by atoms with Gasteiger partial charge in [-0.2, -0.15) is 0 Å². The van der Waals surface area contributed by atoms with Gasteiger partial charge < -0.3 is 8.85 Å². The lowest BCUT2D eigenvalue weighted by Gasteiger charge is -2.53. The molecule has 5 heteroatoms. The lowest BCUT2D eigenvalue weighted by molar-refractivity contribution is -0.113. The molecule has 2 fully saturated rings. The zero-order chi connectivity index (χ0) is 24.1. The van der Waals surface area contributed by atoms with Gasteiger partial charge in [-0.05, 0) is 91.0 Å². The van der Waals surface area contributed by atoms with E-state index >= 15 is 0 Å². The van der Waals surface area contributed by atoms with Crippen molar-refractivity contribution in [3.8, 4) is 0 Å². The van der Waals surface area contributed by atoms with Crippen molar-refractivity contribution < 1.29 is 13.6 Å². The molecule has 0 saturated heterocycles. The molecule has 0 aromatic rings. The number of ketones is 1. The standard InChI is InChI=1S/C27H46O3Si2/c1-17-14-18-15-19(28)16-21(18)27(30-31(7,8)9)13-12-20-22(26(20,5)6)23(27)24(17)29-32(10,11)25(2,3)4/h14,16-17,20,22-24H,12-13,15H2,1-11H3/t17-,20-,22+,23-,24-,27+/m1/s1. The minimum atomic E-state index is -1.99. The van der Waals surface area contributed by atoms with Crippen LogP contribution < -0.4 is 0 Å². The van der Waals surface area contributed by atoms with Gasteiger partial charge in [0.05, 0.1) is 11.7 Å². The first kappa shape index (κ1) is 24.6. The summed E-state index contributed by atoms with van der Waals surface area (Å²) in [7, 11) is -3.89. The highest BCUT2D eigenvalue weighted by Crippen LogP contribution is 2.73.